The van der Waals surface area contributed by atoms with Gasteiger partial charge in [-0.1, -0.05) is 33.6 Å². The van der Waals surface area contributed by atoms with Crippen LogP contribution in [-0.2, 0) is 4.79 Å². The van der Waals surface area contributed by atoms with Crippen LogP contribution in [0.15, 0.2) is 0 Å². The Bertz CT molecular complexity index is 310. The van der Waals surface area contributed by atoms with Crippen LogP contribution >= 0.6 is 0 Å². The summed E-state index contributed by atoms with van der Waals surface area (Å²) >= 11 is 0. The molecule has 2 unspecified atom stereocenters. The largest absolute Gasteiger partial charge is 0.342 e. The van der Waals surface area contributed by atoms with Crippen LogP contribution in [0.4, 0.5) is 0 Å². The van der Waals surface area contributed by atoms with E-state index in [4.69, 9.17) is 0 Å². The van der Waals surface area contributed by atoms with Crippen LogP contribution in [0.2, 0.25) is 0 Å². The number of hydrogen-bond acceptors (Lipinski definition) is 2. The number of hydrogen-bond donors (Lipinski definition) is 1. The average Bonchev–Trinajstić information content (AvgIpc) is 2.84. The van der Waals surface area contributed by atoms with Crippen molar-refractivity contribution < 1.29 is 4.79 Å². The zero-order chi connectivity index (χ0) is 13.9. The number of nitrogens with one attached hydrogen (secondary N) is 1. The second-order valence-electron chi connectivity index (χ2n) is 6.85. The molecule has 0 aromatic carbocycles. The molecular formula is C16H30N2O. The first kappa shape index (κ1) is 14.8. The molecule has 3 nitrogen and oxygen atoms in total. The van der Waals surface area contributed by atoms with Crippen LogP contribution in [0, 0.1) is 11.3 Å². The van der Waals surface area contributed by atoms with Gasteiger partial charge in [0.05, 0.1) is 0 Å². The fourth-order valence-electron chi connectivity index (χ4n) is 3.71. The molecule has 0 aromatic heterocycles. The van der Waals surface area contributed by atoms with E-state index < -0.39 is 0 Å². The molecule has 1 N–H and O–H groups in total. The predicted octanol–water partition coefficient (Wildman–Crippen LogP) is 2.80. The smallest absolute Gasteiger partial charge is 0.228 e. The van der Waals surface area contributed by atoms with Gasteiger partial charge in [-0.2, -0.15) is 0 Å². The van der Waals surface area contributed by atoms with Crippen molar-refractivity contribution in [3.63, 3.8) is 0 Å². The number of rotatable bonds is 4. The molecule has 0 aromatic rings. The van der Waals surface area contributed by atoms with E-state index in [1.165, 1.54) is 19.3 Å². The molecule has 1 aliphatic heterocycles. The van der Waals surface area contributed by atoms with Crippen molar-refractivity contribution in [2.45, 2.75) is 65.3 Å². The Morgan fingerprint density at radius 2 is 2.05 bits per heavy atom. The lowest BCUT2D eigenvalue weighted by atomic mass is 9.85. The van der Waals surface area contributed by atoms with Gasteiger partial charge < -0.3 is 10.2 Å². The molecule has 0 spiro atoms. The first-order valence-corrected chi connectivity index (χ1v) is 8.09. The lowest BCUT2D eigenvalue weighted by molar-refractivity contribution is -0.143. The zero-order valence-electron chi connectivity index (χ0n) is 12.9. The van der Waals surface area contributed by atoms with Gasteiger partial charge >= 0.3 is 0 Å². The highest BCUT2D eigenvalue weighted by Gasteiger charge is 2.40. The molecule has 2 atom stereocenters. The molecule has 0 radical (unpaired) electrons. The van der Waals surface area contributed by atoms with Gasteiger partial charge in [0, 0.05) is 24.5 Å². The number of carbonyl (C=O) groups excluding carboxylic acids is 1. The van der Waals surface area contributed by atoms with Crippen LogP contribution in [0.3, 0.4) is 0 Å². The summed E-state index contributed by atoms with van der Waals surface area (Å²) in [5.74, 6) is 1.00. The number of piperidine rings is 1. The Morgan fingerprint density at radius 3 is 2.63 bits per heavy atom. The lowest BCUT2D eigenvalue weighted by Crippen LogP contribution is -2.53. The molecule has 1 aliphatic carbocycles. The van der Waals surface area contributed by atoms with E-state index >= 15 is 0 Å². The molecule has 2 aliphatic rings. The van der Waals surface area contributed by atoms with E-state index in [9.17, 15) is 4.79 Å². The molecule has 2 fully saturated rings. The molecule has 3 heteroatoms. The number of nitrogens with zero attached hydrogens (tertiary/aromatic N) is 1. The van der Waals surface area contributed by atoms with Crippen molar-refractivity contribution in [3.8, 4) is 0 Å². The van der Waals surface area contributed by atoms with E-state index in [0.717, 1.165) is 38.9 Å². The molecule has 0 bridgehead atoms. The summed E-state index contributed by atoms with van der Waals surface area (Å²) in [6.45, 7) is 9.64. The van der Waals surface area contributed by atoms with Gasteiger partial charge in [-0.25, -0.2) is 0 Å². The Morgan fingerprint density at radius 1 is 1.37 bits per heavy atom. The van der Waals surface area contributed by atoms with Crippen molar-refractivity contribution >= 4 is 5.91 Å². The standard InChI is InChI=1S/C16H30N2O/c1-4-10-17-14-7-11-18(12-13(14)2)15(19)16(3)8-5-6-9-16/h13-14,17H,4-12H2,1-3H3. The fraction of sp³-hybridized carbons (Fsp3) is 0.938. The Hall–Kier alpha value is -0.570. The molecule has 19 heavy (non-hydrogen) atoms. The molecule has 2 rings (SSSR count). The van der Waals surface area contributed by atoms with E-state index in [1.807, 2.05) is 0 Å². The second-order valence-corrected chi connectivity index (χ2v) is 6.85. The topological polar surface area (TPSA) is 32.3 Å². The highest BCUT2D eigenvalue weighted by molar-refractivity contribution is 5.82. The Kier molecular flexibility index (Phi) is 4.88. The average molecular weight is 266 g/mol. The molecular weight excluding hydrogens is 236 g/mol. The van der Waals surface area contributed by atoms with Crippen molar-refractivity contribution in [1.29, 1.82) is 0 Å². The van der Waals surface area contributed by atoms with Gasteiger partial charge in [0.15, 0.2) is 0 Å². The van der Waals surface area contributed by atoms with Gasteiger partial charge in [-0.15, -0.1) is 0 Å². The first-order chi connectivity index (χ1) is 9.07. The lowest BCUT2D eigenvalue weighted by Gasteiger charge is -2.40. The van der Waals surface area contributed by atoms with Crippen molar-refractivity contribution in [1.82, 2.24) is 10.2 Å². The maximum atomic E-state index is 12.7. The van der Waals surface area contributed by atoms with E-state index in [0.29, 0.717) is 17.9 Å². The molecule has 1 heterocycles. The maximum absolute atomic E-state index is 12.7. The fourth-order valence-corrected chi connectivity index (χ4v) is 3.71. The van der Waals surface area contributed by atoms with Crippen LogP contribution in [-0.4, -0.2) is 36.5 Å². The second kappa shape index (κ2) is 6.25. The zero-order valence-corrected chi connectivity index (χ0v) is 12.9. The predicted molar refractivity (Wildman–Crippen MR) is 79.0 cm³/mol. The van der Waals surface area contributed by atoms with Crippen molar-refractivity contribution in [2.24, 2.45) is 11.3 Å². The summed E-state index contributed by atoms with van der Waals surface area (Å²) in [7, 11) is 0. The first-order valence-electron chi connectivity index (χ1n) is 8.09. The molecule has 110 valence electrons. The van der Waals surface area contributed by atoms with E-state index in [2.05, 4.69) is 31.0 Å². The third-order valence-corrected chi connectivity index (χ3v) is 5.07. The summed E-state index contributed by atoms with van der Waals surface area (Å²) in [6, 6.07) is 0.598. The minimum atomic E-state index is -0.0522. The van der Waals surface area contributed by atoms with Crippen LogP contribution in [0.5, 0.6) is 0 Å². The van der Waals surface area contributed by atoms with Gasteiger partial charge in [-0.05, 0) is 38.1 Å². The van der Waals surface area contributed by atoms with Gasteiger partial charge in [0.1, 0.15) is 0 Å². The number of amides is 1. The third kappa shape index (κ3) is 3.31. The van der Waals surface area contributed by atoms with Gasteiger partial charge in [0.25, 0.3) is 0 Å². The monoisotopic (exact) mass is 266 g/mol. The van der Waals surface area contributed by atoms with E-state index in [-0.39, 0.29) is 5.41 Å². The highest BCUT2D eigenvalue weighted by atomic mass is 16.2. The molecule has 1 saturated heterocycles. The van der Waals surface area contributed by atoms with Gasteiger partial charge in [-0.3, -0.25) is 4.79 Å². The summed E-state index contributed by atoms with van der Waals surface area (Å²) in [5.41, 5.74) is -0.0522. The van der Waals surface area contributed by atoms with Crippen LogP contribution < -0.4 is 5.32 Å². The molecule has 1 amide bonds. The van der Waals surface area contributed by atoms with Crippen molar-refractivity contribution in [3.05, 3.63) is 0 Å². The summed E-state index contributed by atoms with van der Waals surface area (Å²) in [4.78, 5) is 14.8. The Balaban J connectivity index is 1.89. The minimum absolute atomic E-state index is 0.0522. The van der Waals surface area contributed by atoms with Crippen molar-refractivity contribution in [2.75, 3.05) is 19.6 Å². The third-order valence-electron chi connectivity index (χ3n) is 5.07. The van der Waals surface area contributed by atoms with E-state index in [1.54, 1.807) is 0 Å². The van der Waals surface area contributed by atoms with Crippen LogP contribution in [0.25, 0.3) is 0 Å². The quantitative estimate of drug-likeness (QED) is 0.848. The minimum Gasteiger partial charge on any atom is -0.342 e. The number of likely N-dealkylation sites (tertiary alicyclic amines) is 1. The summed E-state index contributed by atoms with van der Waals surface area (Å²) in [6.07, 6.45) is 6.94. The number of carbonyl (C=O) groups is 1. The normalized spacial score (nSPS) is 30.6. The Labute approximate surface area is 118 Å². The maximum Gasteiger partial charge on any atom is 0.228 e. The van der Waals surface area contributed by atoms with Gasteiger partial charge in [0.2, 0.25) is 5.91 Å². The SMILES string of the molecule is CCCNC1CCN(C(=O)C2(C)CCCC2)CC1C. The summed E-state index contributed by atoms with van der Waals surface area (Å²) in [5, 5.41) is 3.62. The molecule has 1 saturated carbocycles. The highest BCUT2D eigenvalue weighted by Crippen LogP contribution is 2.39. The van der Waals surface area contributed by atoms with Crippen LogP contribution in [0.1, 0.15) is 59.3 Å². The summed E-state index contributed by atoms with van der Waals surface area (Å²) < 4.78 is 0.